The van der Waals surface area contributed by atoms with Gasteiger partial charge in [0, 0.05) is 24.8 Å². The van der Waals surface area contributed by atoms with Gasteiger partial charge in [-0.3, -0.25) is 0 Å². The summed E-state index contributed by atoms with van der Waals surface area (Å²) in [4.78, 5) is 10.7. The third-order valence-corrected chi connectivity index (χ3v) is 4.52. The van der Waals surface area contributed by atoms with Crippen LogP contribution in [-0.2, 0) is 10.9 Å². The number of morpholine rings is 1. The Kier molecular flexibility index (Phi) is 4.41. The smallest absolute Gasteiger partial charge is 0.416 e. The van der Waals surface area contributed by atoms with Crippen LogP contribution in [0.4, 0.5) is 19.1 Å². The number of nitrogens with zero attached hydrogens (tertiary/aromatic N) is 5. The van der Waals surface area contributed by atoms with Gasteiger partial charge in [-0.15, -0.1) is 5.10 Å². The number of hydrogen-bond acceptors (Lipinski definition) is 6. The van der Waals surface area contributed by atoms with Gasteiger partial charge < -0.3 is 14.7 Å². The van der Waals surface area contributed by atoms with Crippen molar-refractivity contribution in [2.45, 2.75) is 13.1 Å². The number of halogens is 3. The number of phenols is 1. The fourth-order valence-corrected chi connectivity index (χ4v) is 3.16. The third-order valence-electron chi connectivity index (χ3n) is 4.52. The molecule has 0 atom stereocenters. The topological polar surface area (TPSA) is 75.8 Å². The monoisotopic (exact) mass is 389 g/mol. The molecule has 4 rings (SSSR count). The zero-order chi connectivity index (χ0) is 20.1. The SMILES string of the molecule is [B]c1cn2nc(N3CCOCC3)nc2nc1-c1c(C)cc(C(F)(F)F)cc1O. The highest BCUT2D eigenvalue weighted by atomic mass is 19.4. The maximum atomic E-state index is 13.0. The van der Waals surface area contributed by atoms with E-state index in [4.69, 9.17) is 12.6 Å². The standard InChI is InChI=1S/C17H15BF3N5O2/c1-9-6-10(17(19,20)21)7-12(27)13(9)14-11(18)8-26-15(22-14)23-16(24-26)25-2-4-28-5-3-25/h6-8,27H,2-5H2,1H3. The van der Waals surface area contributed by atoms with Gasteiger partial charge in [0.1, 0.15) is 13.6 Å². The Morgan fingerprint density at radius 2 is 1.89 bits per heavy atom. The Morgan fingerprint density at radius 1 is 1.18 bits per heavy atom. The molecule has 2 radical (unpaired) electrons. The molecule has 0 saturated carbocycles. The number of aromatic hydroxyl groups is 1. The van der Waals surface area contributed by atoms with Crippen molar-refractivity contribution in [3.05, 3.63) is 29.5 Å². The van der Waals surface area contributed by atoms with Crippen LogP contribution in [0.3, 0.4) is 0 Å². The Hall–Kier alpha value is -2.82. The van der Waals surface area contributed by atoms with Crippen molar-refractivity contribution in [3.63, 3.8) is 0 Å². The van der Waals surface area contributed by atoms with Crippen LogP contribution in [0.2, 0.25) is 0 Å². The first kappa shape index (κ1) is 18.5. The second-order valence-corrected chi connectivity index (χ2v) is 6.49. The van der Waals surface area contributed by atoms with Crippen LogP contribution in [0.5, 0.6) is 5.75 Å². The molecule has 0 unspecified atom stereocenters. The summed E-state index contributed by atoms with van der Waals surface area (Å²) in [5.74, 6) is 0.133. The maximum absolute atomic E-state index is 13.0. The van der Waals surface area contributed by atoms with Gasteiger partial charge in [0.25, 0.3) is 5.78 Å². The van der Waals surface area contributed by atoms with E-state index in [-0.39, 0.29) is 28.1 Å². The van der Waals surface area contributed by atoms with Gasteiger partial charge in [-0.2, -0.15) is 18.2 Å². The quantitative estimate of drug-likeness (QED) is 0.669. The zero-order valence-electron chi connectivity index (χ0n) is 14.9. The first-order valence-electron chi connectivity index (χ1n) is 8.51. The summed E-state index contributed by atoms with van der Waals surface area (Å²) < 4.78 is 45.6. The van der Waals surface area contributed by atoms with Crippen LogP contribution < -0.4 is 10.4 Å². The van der Waals surface area contributed by atoms with Crippen molar-refractivity contribution in [1.29, 1.82) is 0 Å². The minimum Gasteiger partial charge on any atom is -0.507 e. The highest BCUT2D eigenvalue weighted by Gasteiger charge is 2.32. The van der Waals surface area contributed by atoms with Crippen molar-refractivity contribution < 1.29 is 23.0 Å². The lowest BCUT2D eigenvalue weighted by atomic mass is 9.89. The predicted molar refractivity (Wildman–Crippen MR) is 96.0 cm³/mol. The van der Waals surface area contributed by atoms with Gasteiger partial charge in [-0.1, -0.05) is 5.46 Å². The van der Waals surface area contributed by atoms with E-state index in [0.29, 0.717) is 38.3 Å². The molecule has 1 saturated heterocycles. The van der Waals surface area contributed by atoms with Crippen molar-refractivity contribution >= 4 is 25.0 Å². The molecule has 2 aromatic heterocycles. The average molecular weight is 389 g/mol. The van der Waals surface area contributed by atoms with Gasteiger partial charge in [0.05, 0.1) is 24.5 Å². The molecular weight excluding hydrogens is 374 g/mol. The molecule has 11 heteroatoms. The number of anilines is 1. The summed E-state index contributed by atoms with van der Waals surface area (Å²) in [6, 6.07) is 1.61. The average Bonchev–Trinajstić information content (AvgIpc) is 3.04. The number of ether oxygens (including phenoxy) is 1. The Bertz CT molecular complexity index is 1020. The van der Waals surface area contributed by atoms with E-state index >= 15 is 0 Å². The van der Waals surface area contributed by atoms with Crippen LogP contribution in [-0.4, -0.2) is 58.8 Å². The van der Waals surface area contributed by atoms with E-state index in [2.05, 4.69) is 15.1 Å². The molecule has 1 N–H and O–H groups in total. The number of hydrogen-bond donors (Lipinski definition) is 1. The first-order valence-corrected chi connectivity index (χ1v) is 8.51. The van der Waals surface area contributed by atoms with Gasteiger partial charge in [0.15, 0.2) is 0 Å². The van der Waals surface area contributed by atoms with Crippen LogP contribution in [0.15, 0.2) is 18.3 Å². The molecule has 3 heterocycles. The number of benzene rings is 1. The molecule has 1 fully saturated rings. The number of fused-ring (bicyclic) bond motifs is 1. The van der Waals surface area contributed by atoms with Crippen LogP contribution in [0.25, 0.3) is 17.0 Å². The van der Waals surface area contributed by atoms with Crippen LogP contribution in [0.1, 0.15) is 11.1 Å². The minimum absolute atomic E-state index is 0.129. The van der Waals surface area contributed by atoms with E-state index in [0.717, 1.165) is 6.07 Å². The van der Waals surface area contributed by atoms with Crippen molar-refractivity contribution in [3.8, 4) is 17.0 Å². The minimum atomic E-state index is -4.57. The second-order valence-electron chi connectivity index (χ2n) is 6.49. The highest BCUT2D eigenvalue weighted by molar-refractivity contribution is 6.35. The molecule has 1 aliphatic rings. The summed E-state index contributed by atoms with van der Waals surface area (Å²) in [6.45, 7) is 3.86. The Morgan fingerprint density at radius 3 is 2.54 bits per heavy atom. The lowest BCUT2D eigenvalue weighted by Gasteiger charge is -2.25. The van der Waals surface area contributed by atoms with Gasteiger partial charge in [-0.25, -0.2) is 9.50 Å². The molecule has 1 aliphatic heterocycles. The maximum Gasteiger partial charge on any atom is 0.416 e. The number of phenolic OH excluding ortho intramolecular Hbond substituents is 1. The summed E-state index contributed by atoms with van der Waals surface area (Å²) in [5.41, 5.74) is -0.308. The number of alkyl halides is 3. The lowest BCUT2D eigenvalue weighted by Crippen LogP contribution is -2.36. The van der Waals surface area contributed by atoms with Crippen molar-refractivity contribution in [1.82, 2.24) is 19.6 Å². The zero-order valence-corrected chi connectivity index (χ0v) is 14.9. The Balaban J connectivity index is 1.80. The molecule has 3 aromatic rings. The third kappa shape index (κ3) is 3.26. The molecule has 1 aromatic carbocycles. The lowest BCUT2D eigenvalue weighted by molar-refractivity contribution is -0.137. The van der Waals surface area contributed by atoms with Gasteiger partial charge >= 0.3 is 6.18 Å². The summed E-state index contributed by atoms with van der Waals surface area (Å²) in [5, 5.41) is 14.6. The predicted octanol–water partition coefficient (Wildman–Crippen LogP) is 1.45. The van der Waals surface area contributed by atoms with Crippen LogP contribution >= 0.6 is 0 Å². The van der Waals surface area contributed by atoms with Gasteiger partial charge in [-0.05, 0) is 24.6 Å². The van der Waals surface area contributed by atoms with Gasteiger partial charge in [0.2, 0.25) is 5.95 Å². The molecule has 144 valence electrons. The van der Waals surface area contributed by atoms with E-state index < -0.39 is 17.5 Å². The van der Waals surface area contributed by atoms with Crippen molar-refractivity contribution in [2.24, 2.45) is 0 Å². The number of rotatable bonds is 2. The van der Waals surface area contributed by atoms with E-state index in [1.807, 2.05) is 4.90 Å². The molecule has 0 spiro atoms. The number of aryl methyl sites for hydroxylation is 1. The fraction of sp³-hybridized carbons (Fsp3) is 0.353. The Labute approximate surface area is 159 Å². The normalized spacial score (nSPS) is 15.4. The van der Waals surface area contributed by atoms with Crippen LogP contribution in [0, 0.1) is 6.92 Å². The largest absolute Gasteiger partial charge is 0.507 e. The molecule has 0 aliphatic carbocycles. The molecule has 0 bridgehead atoms. The highest BCUT2D eigenvalue weighted by Crippen LogP contribution is 2.38. The fourth-order valence-electron chi connectivity index (χ4n) is 3.16. The summed E-state index contributed by atoms with van der Waals surface area (Å²) in [7, 11) is 6.05. The summed E-state index contributed by atoms with van der Waals surface area (Å²) >= 11 is 0. The molecule has 7 nitrogen and oxygen atoms in total. The molecule has 28 heavy (non-hydrogen) atoms. The van der Waals surface area contributed by atoms with E-state index in [9.17, 15) is 18.3 Å². The molecular formula is C17H15BF3N5O2. The summed E-state index contributed by atoms with van der Waals surface area (Å²) in [6.07, 6.45) is -3.09. The first-order chi connectivity index (χ1) is 13.2. The van der Waals surface area contributed by atoms with E-state index in [1.165, 1.54) is 17.6 Å². The number of aromatic nitrogens is 4. The van der Waals surface area contributed by atoms with Crippen molar-refractivity contribution in [2.75, 3.05) is 31.2 Å². The molecule has 0 amide bonds. The second kappa shape index (κ2) is 6.66. The van der Waals surface area contributed by atoms with E-state index in [1.54, 1.807) is 0 Å².